The van der Waals surface area contributed by atoms with Crippen molar-refractivity contribution in [3.63, 3.8) is 0 Å². The highest BCUT2D eigenvalue weighted by Gasteiger charge is 2.30. The van der Waals surface area contributed by atoms with E-state index in [1.165, 1.54) is 81.9 Å². The highest BCUT2D eigenvalue weighted by Crippen LogP contribution is 2.39. The summed E-state index contributed by atoms with van der Waals surface area (Å²) in [4.78, 5) is 0. The summed E-state index contributed by atoms with van der Waals surface area (Å²) in [5, 5.41) is 1.37. The first-order valence-electron chi connectivity index (χ1n) is 12.8. The van der Waals surface area contributed by atoms with E-state index in [0.717, 1.165) is 23.4 Å². The summed E-state index contributed by atoms with van der Waals surface area (Å²) in [5.74, 6) is 0.996. The maximum Gasteiger partial charge on any atom is 0.416 e. The van der Waals surface area contributed by atoms with Crippen molar-refractivity contribution in [1.82, 2.24) is 0 Å². The number of hydrogen-bond acceptors (Lipinski definition) is 0. The molecule has 0 N–H and O–H groups in total. The minimum atomic E-state index is -4.40. The van der Waals surface area contributed by atoms with Crippen LogP contribution in [0.4, 0.5) is 17.6 Å². The third-order valence-electron chi connectivity index (χ3n) is 7.54. The minimum Gasteiger partial charge on any atom is -0.206 e. The van der Waals surface area contributed by atoms with Crippen LogP contribution >= 0.6 is 0 Å². The molecular weight excluding hydrogens is 436 g/mol. The van der Waals surface area contributed by atoms with Gasteiger partial charge in [-0.1, -0.05) is 87.9 Å². The Balaban J connectivity index is 1.42. The zero-order chi connectivity index (χ0) is 24.1. The smallest absolute Gasteiger partial charge is 0.206 e. The number of halogens is 4. The molecular formula is C30H34F4. The lowest BCUT2D eigenvalue weighted by molar-refractivity contribution is -0.137. The van der Waals surface area contributed by atoms with Crippen molar-refractivity contribution in [1.29, 1.82) is 0 Å². The molecule has 0 amide bonds. The molecule has 0 bridgehead atoms. The van der Waals surface area contributed by atoms with Crippen LogP contribution in [0.1, 0.15) is 88.2 Å². The molecule has 4 rings (SSSR count). The quantitative estimate of drug-likeness (QED) is 0.227. The first kappa shape index (κ1) is 24.8. The minimum absolute atomic E-state index is 0.327. The lowest BCUT2D eigenvalue weighted by atomic mass is 9.76. The Labute approximate surface area is 200 Å². The van der Waals surface area contributed by atoms with Gasteiger partial charge in [-0.05, 0) is 66.2 Å². The van der Waals surface area contributed by atoms with E-state index < -0.39 is 11.7 Å². The molecule has 0 unspecified atom stereocenters. The largest absolute Gasteiger partial charge is 0.416 e. The van der Waals surface area contributed by atoms with Crippen LogP contribution in [-0.2, 0) is 6.18 Å². The SMILES string of the molecule is CCCCCCC[C@H]1CC[C@H](c2ccc3c(F)c(-c4ccc(C(F)(F)F)cc4)ccc3c2)CC1. The van der Waals surface area contributed by atoms with Crippen LogP contribution in [0.3, 0.4) is 0 Å². The maximum absolute atomic E-state index is 15.3. The lowest BCUT2D eigenvalue weighted by Crippen LogP contribution is -2.13. The monoisotopic (exact) mass is 470 g/mol. The molecule has 0 radical (unpaired) electrons. The Kier molecular flexibility index (Phi) is 7.95. The van der Waals surface area contributed by atoms with Gasteiger partial charge in [0.25, 0.3) is 0 Å². The van der Waals surface area contributed by atoms with E-state index in [2.05, 4.69) is 13.0 Å². The van der Waals surface area contributed by atoms with Crippen molar-refractivity contribution in [3.8, 4) is 11.1 Å². The Morgan fingerprint density at radius 2 is 1.50 bits per heavy atom. The third-order valence-corrected chi connectivity index (χ3v) is 7.54. The van der Waals surface area contributed by atoms with Crippen LogP contribution in [-0.4, -0.2) is 0 Å². The van der Waals surface area contributed by atoms with Crippen molar-refractivity contribution < 1.29 is 17.6 Å². The van der Waals surface area contributed by atoms with Crippen molar-refractivity contribution in [2.45, 2.75) is 83.2 Å². The highest BCUT2D eigenvalue weighted by atomic mass is 19.4. The van der Waals surface area contributed by atoms with Gasteiger partial charge in [-0.2, -0.15) is 13.2 Å². The molecule has 0 aliphatic heterocycles. The molecule has 3 aromatic rings. The molecule has 0 atom stereocenters. The van der Waals surface area contributed by atoms with Crippen molar-refractivity contribution in [2.75, 3.05) is 0 Å². The van der Waals surface area contributed by atoms with Crippen molar-refractivity contribution in [3.05, 3.63) is 71.5 Å². The number of benzene rings is 3. The number of rotatable bonds is 8. The summed E-state index contributed by atoms with van der Waals surface area (Å²) in [6.45, 7) is 2.25. The molecule has 34 heavy (non-hydrogen) atoms. The van der Waals surface area contributed by atoms with E-state index >= 15 is 4.39 Å². The average Bonchev–Trinajstić information content (AvgIpc) is 2.84. The van der Waals surface area contributed by atoms with Crippen molar-refractivity contribution in [2.24, 2.45) is 5.92 Å². The van der Waals surface area contributed by atoms with Gasteiger partial charge in [0.2, 0.25) is 0 Å². The molecule has 4 heteroatoms. The number of hydrogen-bond donors (Lipinski definition) is 0. The first-order valence-corrected chi connectivity index (χ1v) is 12.8. The predicted octanol–water partition coefficient (Wildman–Crippen LogP) is 10.3. The summed E-state index contributed by atoms with van der Waals surface area (Å²) in [6.07, 6.45) is 8.60. The second-order valence-electron chi connectivity index (χ2n) is 9.90. The van der Waals surface area contributed by atoms with Gasteiger partial charge in [0, 0.05) is 10.9 Å². The van der Waals surface area contributed by atoms with Gasteiger partial charge in [0.05, 0.1) is 5.56 Å². The van der Waals surface area contributed by atoms with Gasteiger partial charge < -0.3 is 0 Å². The van der Waals surface area contributed by atoms with Crippen molar-refractivity contribution >= 4 is 10.8 Å². The van der Waals surface area contributed by atoms with Crippen LogP contribution in [0.5, 0.6) is 0 Å². The van der Waals surface area contributed by atoms with Gasteiger partial charge in [-0.3, -0.25) is 0 Å². The second-order valence-corrected chi connectivity index (χ2v) is 9.90. The van der Waals surface area contributed by atoms with Crippen LogP contribution in [0.2, 0.25) is 0 Å². The van der Waals surface area contributed by atoms with E-state index in [0.29, 0.717) is 22.4 Å². The summed E-state index contributed by atoms with van der Waals surface area (Å²) in [6, 6.07) is 14.2. The van der Waals surface area contributed by atoms with Gasteiger partial charge >= 0.3 is 6.18 Å². The topological polar surface area (TPSA) is 0 Å². The summed E-state index contributed by atoms with van der Waals surface area (Å²) < 4.78 is 53.8. The van der Waals surface area contributed by atoms with Gasteiger partial charge in [-0.25, -0.2) is 4.39 Å². The van der Waals surface area contributed by atoms with E-state index in [9.17, 15) is 13.2 Å². The molecule has 1 aliphatic rings. The third kappa shape index (κ3) is 5.82. The van der Waals surface area contributed by atoms with Crippen LogP contribution in [0.15, 0.2) is 54.6 Å². The average molecular weight is 471 g/mol. The molecule has 0 spiro atoms. The molecule has 1 aliphatic carbocycles. The molecule has 3 aromatic carbocycles. The maximum atomic E-state index is 15.3. The fraction of sp³-hybridized carbons (Fsp3) is 0.467. The Hall–Kier alpha value is -2.36. The zero-order valence-corrected chi connectivity index (χ0v) is 19.9. The highest BCUT2D eigenvalue weighted by molar-refractivity contribution is 5.89. The van der Waals surface area contributed by atoms with Gasteiger partial charge in [0.1, 0.15) is 5.82 Å². The van der Waals surface area contributed by atoms with Crippen LogP contribution < -0.4 is 0 Å². The fourth-order valence-corrected chi connectivity index (χ4v) is 5.45. The fourth-order valence-electron chi connectivity index (χ4n) is 5.45. The summed E-state index contributed by atoms with van der Waals surface area (Å²) in [7, 11) is 0. The molecule has 0 nitrogen and oxygen atoms in total. The van der Waals surface area contributed by atoms with Gasteiger partial charge in [0.15, 0.2) is 0 Å². The Morgan fingerprint density at radius 3 is 2.18 bits per heavy atom. The molecule has 1 fully saturated rings. The summed E-state index contributed by atoms with van der Waals surface area (Å²) >= 11 is 0. The van der Waals surface area contributed by atoms with E-state index in [1.54, 1.807) is 6.07 Å². The molecule has 1 saturated carbocycles. The van der Waals surface area contributed by atoms with E-state index in [4.69, 9.17) is 0 Å². The second kappa shape index (κ2) is 10.9. The first-order chi connectivity index (χ1) is 16.4. The number of fused-ring (bicyclic) bond motifs is 1. The Bertz CT molecular complexity index is 1070. The number of alkyl halides is 3. The zero-order valence-electron chi connectivity index (χ0n) is 19.9. The Morgan fingerprint density at radius 1 is 0.794 bits per heavy atom. The number of unbranched alkanes of at least 4 members (excludes halogenated alkanes) is 4. The molecule has 0 aromatic heterocycles. The van der Waals surface area contributed by atoms with E-state index in [1.807, 2.05) is 18.2 Å². The predicted molar refractivity (Wildman–Crippen MR) is 132 cm³/mol. The van der Waals surface area contributed by atoms with Crippen LogP contribution in [0.25, 0.3) is 21.9 Å². The molecule has 0 saturated heterocycles. The standard InChI is InChI=1S/C30H34F4/c1-2-3-4-5-6-7-21-8-10-22(11-9-21)24-14-18-28-25(20-24)15-19-27(29(28)31)23-12-16-26(17-13-23)30(32,33)34/h12-22H,2-11H2,1H3/t21-,22-. The van der Waals surface area contributed by atoms with Crippen LogP contribution in [0, 0.1) is 11.7 Å². The molecule has 182 valence electrons. The molecule has 0 heterocycles. The van der Waals surface area contributed by atoms with Gasteiger partial charge in [-0.15, -0.1) is 0 Å². The normalized spacial score (nSPS) is 19.0. The van der Waals surface area contributed by atoms with E-state index in [-0.39, 0.29) is 5.82 Å². The summed E-state index contributed by atoms with van der Waals surface area (Å²) in [5.41, 5.74) is 1.32. The lowest BCUT2D eigenvalue weighted by Gasteiger charge is -2.29.